The van der Waals surface area contributed by atoms with Gasteiger partial charge in [-0.15, -0.1) is 0 Å². The maximum Gasteiger partial charge on any atom is 0.251 e. The normalized spacial score (nSPS) is 11.5. The zero-order valence-electron chi connectivity index (χ0n) is 16.1. The second-order valence-electron chi connectivity index (χ2n) is 6.85. The van der Waals surface area contributed by atoms with Crippen molar-refractivity contribution >= 4 is 26.6 Å². The van der Waals surface area contributed by atoms with E-state index >= 15 is 0 Å². The number of nitrogens with zero attached hydrogens (tertiary/aromatic N) is 1. The molecule has 4 aromatic rings. The molecular formula is C23H20N2O4S. The molecular weight excluding hydrogens is 400 g/mol. The van der Waals surface area contributed by atoms with E-state index in [0.717, 1.165) is 10.9 Å². The van der Waals surface area contributed by atoms with Crippen molar-refractivity contribution in [1.29, 1.82) is 0 Å². The van der Waals surface area contributed by atoms with Crippen LogP contribution in [0, 0.1) is 0 Å². The van der Waals surface area contributed by atoms with Gasteiger partial charge < -0.3 is 9.84 Å². The van der Waals surface area contributed by atoms with Crippen molar-refractivity contribution in [2.45, 2.75) is 11.3 Å². The Morgan fingerprint density at radius 3 is 2.37 bits per heavy atom. The summed E-state index contributed by atoms with van der Waals surface area (Å²) in [5.74, 6) is 0.309. The van der Waals surface area contributed by atoms with Gasteiger partial charge in [0, 0.05) is 17.7 Å². The molecule has 0 radical (unpaired) electrons. The Bertz CT molecular complexity index is 1270. The molecule has 0 bridgehead atoms. The van der Waals surface area contributed by atoms with Crippen molar-refractivity contribution in [3.8, 4) is 11.3 Å². The van der Waals surface area contributed by atoms with Gasteiger partial charge in [0.2, 0.25) is 0 Å². The molecule has 0 spiro atoms. The third-order valence-corrected chi connectivity index (χ3v) is 6.57. The summed E-state index contributed by atoms with van der Waals surface area (Å²) in [4.78, 5) is 12.8. The summed E-state index contributed by atoms with van der Waals surface area (Å²) in [6, 6.07) is 23.0. The molecule has 1 aromatic heterocycles. The molecule has 3 aromatic carbocycles. The largest absolute Gasteiger partial charge is 0.355 e. The zero-order chi connectivity index (χ0) is 21.0. The van der Waals surface area contributed by atoms with Crippen molar-refractivity contribution in [1.82, 2.24) is 10.5 Å². The summed E-state index contributed by atoms with van der Waals surface area (Å²) >= 11 is 0. The topological polar surface area (TPSA) is 89.3 Å². The molecule has 0 unspecified atom stereocenters. The van der Waals surface area contributed by atoms with Gasteiger partial charge in [0.1, 0.15) is 5.52 Å². The van der Waals surface area contributed by atoms with Crippen molar-refractivity contribution in [2.75, 3.05) is 12.3 Å². The van der Waals surface area contributed by atoms with Crippen LogP contribution in [0.3, 0.4) is 0 Å². The molecule has 0 aliphatic carbocycles. The number of aromatic nitrogens is 1. The number of hydrogen-bond acceptors (Lipinski definition) is 5. The maximum absolute atomic E-state index is 12.5. The lowest BCUT2D eigenvalue weighted by molar-refractivity contribution is 0.0954. The Kier molecular flexibility index (Phi) is 5.63. The Labute approximate surface area is 174 Å². The average Bonchev–Trinajstić information content (AvgIpc) is 3.21. The molecule has 0 saturated heterocycles. The summed E-state index contributed by atoms with van der Waals surface area (Å²) in [7, 11) is -3.35. The number of carbonyl (C=O) groups excluding carboxylic acids is 1. The average molecular weight is 420 g/mol. The number of amides is 1. The molecule has 1 heterocycles. The summed E-state index contributed by atoms with van der Waals surface area (Å²) < 4.78 is 30.1. The monoisotopic (exact) mass is 420 g/mol. The molecule has 1 N–H and O–H groups in total. The Morgan fingerprint density at radius 2 is 1.63 bits per heavy atom. The van der Waals surface area contributed by atoms with Crippen LogP contribution in [0.2, 0.25) is 0 Å². The smallest absolute Gasteiger partial charge is 0.251 e. The van der Waals surface area contributed by atoms with E-state index < -0.39 is 9.84 Å². The fourth-order valence-corrected chi connectivity index (χ4v) is 4.52. The molecule has 1 amide bonds. The van der Waals surface area contributed by atoms with Crippen LogP contribution in [0.1, 0.15) is 16.8 Å². The highest BCUT2D eigenvalue weighted by Gasteiger charge is 2.15. The Hall–Kier alpha value is -3.45. The van der Waals surface area contributed by atoms with Crippen LogP contribution in [-0.2, 0) is 9.84 Å². The van der Waals surface area contributed by atoms with Gasteiger partial charge in [0.15, 0.2) is 15.6 Å². The van der Waals surface area contributed by atoms with E-state index in [9.17, 15) is 13.2 Å². The number of fused-ring (bicyclic) bond motifs is 1. The van der Waals surface area contributed by atoms with Crippen LogP contribution in [0.15, 0.2) is 88.3 Å². The first-order chi connectivity index (χ1) is 14.5. The molecule has 6 nitrogen and oxygen atoms in total. The lowest BCUT2D eigenvalue weighted by atomic mass is 10.1. The predicted molar refractivity (Wildman–Crippen MR) is 115 cm³/mol. The standard InChI is InChI=1S/C23H20N2O4S/c26-23(24-14-7-15-30(27,28)19-10-5-2-6-11-19)18-12-13-21-20(16-18)22(29-25-21)17-8-3-1-4-9-17/h1-6,8-13,16H,7,14-15H2,(H,24,26). The quantitative estimate of drug-likeness (QED) is 0.455. The van der Waals surface area contributed by atoms with Gasteiger partial charge in [-0.05, 0) is 36.8 Å². The first kappa shape index (κ1) is 19.8. The van der Waals surface area contributed by atoms with Gasteiger partial charge in [-0.3, -0.25) is 4.79 Å². The van der Waals surface area contributed by atoms with Crippen LogP contribution in [-0.4, -0.2) is 31.8 Å². The number of benzene rings is 3. The highest BCUT2D eigenvalue weighted by Crippen LogP contribution is 2.29. The van der Waals surface area contributed by atoms with Gasteiger partial charge in [-0.25, -0.2) is 8.42 Å². The lowest BCUT2D eigenvalue weighted by Gasteiger charge is -2.07. The van der Waals surface area contributed by atoms with Crippen molar-refractivity contribution in [2.24, 2.45) is 0 Å². The van der Waals surface area contributed by atoms with Crippen LogP contribution in [0.5, 0.6) is 0 Å². The molecule has 152 valence electrons. The van der Waals surface area contributed by atoms with E-state index in [2.05, 4.69) is 10.5 Å². The fraction of sp³-hybridized carbons (Fsp3) is 0.130. The molecule has 0 aliphatic heterocycles. The summed E-state index contributed by atoms with van der Waals surface area (Å²) in [6.07, 6.45) is 0.327. The van der Waals surface area contributed by atoms with Gasteiger partial charge in [0.05, 0.1) is 16.0 Å². The number of nitrogens with one attached hydrogen (secondary N) is 1. The number of sulfone groups is 1. The van der Waals surface area contributed by atoms with Crippen LogP contribution < -0.4 is 5.32 Å². The van der Waals surface area contributed by atoms with Crippen LogP contribution in [0.25, 0.3) is 22.2 Å². The Morgan fingerprint density at radius 1 is 0.933 bits per heavy atom. The van der Waals surface area contributed by atoms with E-state index in [4.69, 9.17) is 4.52 Å². The molecule has 30 heavy (non-hydrogen) atoms. The zero-order valence-corrected chi connectivity index (χ0v) is 16.9. The first-order valence-corrected chi connectivity index (χ1v) is 11.2. The molecule has 0 saturated carbocycles. The van der Waals surface area contributed by atoms with Gasteiger partial charge in [-0.1, -0.05) is 53.7 Å². The summed E-state index contributed by atoms with van der Waals surface area (Å²) in [5, 5.41) is 7.59. The first-order valence-electron chi connectivity index (χ1n) is 9.55. The fourth-order valence-electron chi connectivity index (χ4n) is 3.19. The lowest BCUT2D eigenvalue weighted by Crippen LogP contribution is -2.26. The number of rotatable bonds is 7. The van der Waals surface area contributed by atoms with E-state index in [0.29, 0.717) is 28.2 Å². The minimum absolute atomic E-state index is 0.0276. The third kappa shape index (κ3) is 4.26. The van der Waals surface area contributed by atoms with Gasteiger partial charge >= 0.3 is 0 Å². The number of hydrogen-bond donors (Lipinski definition) is 1. The molecule has 4 rings (SSSR count). The third-order valence-electron chi connectivity index (χ3n) is 4.75. The van der Waals surface area contributed by atoms with E-state index in [1.807, 2.05) is 30.3 Å². The highest BCUT2D eigenvalue weighted by molar-refractivity contribution is 7.91. The van der Waals surface area contributed by atoms with Crippen molar-refractivity contribution < 1.29 is 17.7 Å². The summed E-state index contributed by atoms with van der Waals surface area (Å²) in [6.45, 7) is 0.262. The predicted octanol–water partition coefficient (Wildman–Crippen LogP) is 4.09. The highest BCUT2D eigenvalue weighted by atomic mass is 32.2. The second-order valence-corrected chi connectivity index (χ2v) is 8.96. The molecule has 7 heteroatoms. The minimum Gasteiger partial charge on any atom is -0.355 e. The van der Waals surface area contributed by atoms with E-state index in [1.165, 1.54) is 0 Å². The second kappa shape index (κ2) is 8.51. The van der Waals surface area contributed by atoms with Gasteiger partial charge in [-0.2, -0.15) is 0 Å². The molecule has 0 aliphatic rings. The minimum atomic E-state index is -3.35. The Balaban J connectivity index is 1.41. The van der Waals surface area contributed by atoms with Crippen LogP contribution in [0.4, 0.5) is 0 Å². The molecule has 0 atom stereocenters. The maximum atomic E-state index is 12.5. The van der Waals surface area contributed by atoms with Crippen LogP contribution >= 0.6 is 0 Å². The SMILES string of the molecule is O=C(NCCCS(=O)(=O)c1ccccc1)c1ccc2noc(-c3ccccc3)c2c1. The number of carbonyl (C=O) groups is 1. The summed E-state index contributed by atoms with van der Waals surface area (Å²) in [5.41, 5.74) is 2.01. The van der Waals surface area contributed by atoms with Crippen molar-refractivity contribution in [3.05, 3.63) is 84.4 Å². The van der Waals surface area contributed by atoms with E-state index in [-0.39, 0.29) is 18.2 Å². The van der Waals surface area contributed by atoms with E-state index in [1.54, 1.807) is 48.5 Å². The van der Waals surface area contributed by atoms with Gasteiger partial charge in [0.25, 0.3) is 5.91 Å². The van der Waals surface area contributed by atoms with Crippen molar-refractivity contribution in [3.63, 3.8) is 0 Å². The molecule has 0 fully saturated rings.